The van der Waals surface area contributed by atoms with Gasteiger partial charge in [0.25, 0.3) is 0 Å². The normalized spacial score (nSPS) is 11.8. The number of fused-ring (bicyclic) bond motifs is 1. The van der Waals surface area contributed by atoms with Crippen LogP contribution in [0, 0.1) is 13.8 Å². The fourth-order valence-corrected chi connectivity index (χ4v) is 4.17. The quantitative estimate of drug-likeness (QED) is 0.339. The van der Waals surface area contributed by atoms with Crippen LogP contribution in [0.4, 0.5) is 19.0 Å². The standard InChI is InChI=1S/C26H24F3N7/c1-16-21(17(2)35(3)34-16)23-32-24(30-13-18-7-5-4-6-8-18)22-25(33-23)36(15-31-22)14-19-9-11-20(12-10-19)26(27,28)29/h4-12,15H,13-14H2,1-3H3,(H,30,32,33). The van der Waals surface area contributed by atoms with Crippen LogP contribution in [-0.4, -0.2) is 29.3 Å². The molecule has 5 rings (SSSR count). The number of benzene rings is 2. The lowest BCUT2D eigenvalue weighted by molar-refractivity contribution is -0.137. The fourth-order valence-electron chi connectivity index (χ4n) is 4.17. The van der Waals surface area contributed by atoms with Gasteiger partial charge in [0, 0.05) is 19.3 Å². The van der Waals surface area contributed by atoms with E-state index in [0.717, 1.165) is 34.6 Å². The van der Waals surface area contributed by atoms with Crippen molar-refractivity contribution >= 4 is 17.0 Å². The molecule has 0 bridgehead atoms. The number of aromatic nitrogens is 6. The van der Waals surface area contributed by atoms with E-state index >= 15 is 0 Å². The largest absolute Gasteiger partial charge is 0.416 e. The van der Waals surface area contributed by atoms with Crippen molar-refractivity contribution in [3.8, 4) is 11.4 Å². The molecule has 7 nitrogen and oxygen atoms in total. The average Bonchev–Trinajstić information content (AvgIpc) is 3.37. The molecule has 0 unspecified atom stereocenters. The lowest BCUT2D eigenvalue weighted by Crippen LogP contribution is -2.07. The van der Waals surface area contributed by atoms with Gasteiger partial charge in [-0.15, -0.1) is 0 Å². The smallest absolute Gasteiger partial charge is 0.364 e. The summed E-state index contributed by atoms with van der Waals surface area (Å²) in [6, 6.07) is 15.1. The molecule has 0 amide bonds. The van der Waals surface area contributed by atoms with E-state index in [1.165, 1.54) is 12.1 Å². The summed E-state index contributed by atoms with van der Waals surface area (Å²) in [7, 11) is 1.87. The Hall–Kier alpha value is -4.21. The maximum Gasteiger partial charge on any atom is 0.416 e. The van der Waals surface area contributed by atoms with Crippen LogP contribution in [0.1, 0.15) is 28.1 Å². The Kier molecular flexibility index (Phi) is 5.95. The first-order chi connectivity index (χ1) is 17.2. The highest BCUT2D eigenvalue weighted by Crippen LogP contribution is 2.31. The molecule has 0 aliphatic heterocycles. The molecule has 36 heavy (non-hydrogen) atoms. The van der Waals surface area contributed by atoms with Gasteiger partial charge in [-0.3, -0.25) is 4.68 Å². The van der Waals surface area contributed by atoms with Crippen molar-refractivity contribution < 1.29 is 13.2 Å². The van der Waals surface area contributed by atoms with Gasteiger partial charge in [-0.1, -0.05) is 42.5 Å². The molecule has 3 aromatic heterocycles. The van der Waals surface area contributed by atoms with Crippen LogP contribution in [0.3, 0.4) is 0 Å². The Balaban J connectivity index is 1.57. The van der Waals surface area contributed by atoms with Crippen LogP contribution in [0.2, 0.25) is 0 Å². The average molecular weight is 492 g/mol. The van der Waals surface area contributed by atoms with Crippen molar-refractivity contribution in [2.45, 2.75) is 33.1 Å². The van der Waals surface area contributed by atoms with Crippen molar-refractivity contribution in [3.05, 3.63) is 89.0 Å². The molecule has 0 aliphatic rings. The predicted molar refractivity (Wildman–Crippen MR) is 131 cm³/mol. The molecule has 1 N–H and O–H groups in total. The van der Waals surface area contributed by atoms with Crippen molar-refractivity contribution in [2.75, 3.05) is 5.32 Å². The zero-order valence-electron chi connectivity index (χ0n) is 20.0. The van der Waals surface area contributed by atoms with Gasteiger partial charge < -0.3 is 9.88 Å². The Morgan fingerprint density at radius 1 is 0.917 bits per heavy atom. The zero-order valence-corrected chi connectivity index (χ0v) is 20.0. The van der Waals surface area contributed by atoms with Crippen LogP contribution in [0.15, 0.2) is 60.9 Å². The lowest BCUT2D eigenvalue weighted by atomic mass is 10.1. The number of hydrogen-bond donors (Lipinski definition) is 1. The maximum atomic E-state index is 13.0. The van der Waals surface area contributed by atoms with Gasteiger partial charge in [0.2, 0.25) is 0 Å². The Morgan fingerprint density at radius 3 is 2.28 bits per heavy atom. The number of rotatable bonds is 6. The van der Waals surface area contributed by atoms with Crippen molar-refractivity contribution in [2.24, 2.45) is 7.05 Å². The summed E-state index contributed by atoms with van der Waals surface area (Å²) < 4.78 is 42.5. The Bertz CT molecular complexity index is 1520. The van der Waals surface area contributed by atoms with Crippen LogP contribution in [0.5, 0.6) is 0 Å². The molecule has 5 aromatic rings. The van der Waals surface area contributed by atoms with Crippen LogP contribution in [-0.2, 0) is 26.3 Å². The highest BCUT2D eigenvalue weighted by molar-refractivity contribution is 5.85. The minimum absolute atomic E-state index is 0.314. The van der Waals surface area contributed by atoms with Gasteiger partial charge in [-0.25, -0.2) is 15.0 Å². The summed E-state index contributed by atoms with van der Waals surface area (Å²) in [6.07, 6.45) is -2.74. The maximum absolute atomic E-state index is 13.0. The van der Waals surface area contributed by atoms with E-state index < -0.39 is 11.7 Å². The predicted octanol–water partition coefficient (Wildman–Crippen LogP) is 5.52. The molecule has 0 spiro atoms. The van der Waals surface area contributed by atoms with E-state index in [1.807, 2.05) is 55.8 Å². The SMILES string of the molecule is Cc1nn(C)c(C)c1-c1nc(NCc2ccccc2)c2ncn(Cc3ccc(C(F)(F)F)cc3)c2n1. The first-order valence-corrected chi connectivity index (χ1v) is 11.4. The van der Waals surface area contributed by atoms with Crippen LogP contribution < -0.4 is 5.32 Å². The highest BCUT2D eigenvalue weighted by atomic mass is 19.4. The summed E-state index contributed by atoms with van der Waals surface area (Å²) in [5.41, 5.74) is 4.84. The fraction of sp³-hybridized carbons (Fsp3) is 0.231. The summed E-state index contributed by atoms with van der Waals surface area (Å²) in [5, 5.41) is 7.88. The first-order valence-electron chi connectivity index (χ1n) is 11.4. The second-order valence-corrected chi connectivity index (χ2v) is 8.64. The van der Waals surface area contributed by atoms with Gasteiger partial charge in [0.05, 0.1) is 29.7 Å². The summed E-state index contributed by atoms with van der Waals surface area (Å²) in [5.74, 6) is 1.09. The summed E-state index contributed by atoms with van der Waals surface area (Å²) in [6.45, 7) is 4.73. The van der Waals surface area contributed by atoms with Crippen molar-refractivity contribution in [3.63, 3.8) is 0 Å². The Labute approximate surface area is 205 Å². The van der Waals surface area contributed by atoms with Gasteiger partial charge in [0.15, 0.2) is 17.3 Å². The van der Waals surface area contributed by atoms with Gasteiger partial charge in [0.1, 0.15) is 5.52 Å². The van der Waals surface area contributed by atoms with E-state index in [1.54, 1.807) is 11.0 Å². The molecule has 0 atom stereocenters. The van der Waals surface area contributed by atoms with E-state index in [2.05, 4.69) is 15.4 Å². The lowest BCUT2D eigenvalue weighted by Gasteiger charge is -2.11. The third-order valence-electron chi connectivity index (χ3n) is 6.13. The molecular formula is C26H24F3N7. The molecule has 0 aliphatic carbocycles. The molecule has 0 saturated heterocycles. The Morgan fingerprint density at radius 2 is 1.64 bits per heavy atom. The van der Waals surface area contributed by atoms with E-state index in [9.17, 15) is 13.2 Å². The molecular weight excluding hydrogens is 467 g/mol. The number of halogens is 3. The highest BCUT2D eigenvalue weighted by Gasteiger charge is 2.30. The second-order valence-electron chi connectivity index (χ2n) is 8.64. The monoisotopic (exact) mass is 491 g/mol. The van der Waals surface area contributed by atoms with Crippen LogP contribution in [0.25, 0.3) is 22.6 Å². The van der Waals surface area contributed by atoms with Gasteiger partial charge >= 0.3 is 6.18 Å². The molecule has 0 radical (unpaired) electrons. The van der Waals surface area contributed by atoms with Gasteiger partial charge in [-0.05, 0) is 37.1 Å². The number of aryl methyl sites for hydroxylation is 2. The van der Waals surface area contributed by atoms with E-state index in [-0.39, 0.29) is 0 Å². The molecule has 0 fully saturated rings. The number of imidazole rings is 1. The number of anilines is 1. The molecule has 10 heteroatoms. The third kappa shape index (κ3) is 4.53. The van der Waals surface area contributed by atoms with E-state index in [0.29, 0.717) is 41.5 Å². The topological polar surface area (TPSA) is 73.5 Å². The molecule has 184 valence electrons. The third-order valence-corrected chi connectivity index (χ3v) is 6.13. The van der Waals surface area contributed by atoms with Crippen molar-refractivity contribution in [1.29, 1.82) is 0 Å². The summed E-state index contributed by atoms with van der Waals surface area (Å²) in [4.78, 5) is 14.2. The van der Waals surface area contributed by atoms with E-state index in [4.69, 9.17) is 9.97 Å². The minimum atomic E-state index is -4.37. The van der Waals surface area contributed by atoms with Crippen molar-refractivity contribution in [1.82, 2.24) is 29.3 Å². The number of alkyl halides is 3. The number of nitrogens with one attached hydrogen (secondary N) is 1. The molecule has 3 heterocycles. The summed E-state index contributed by atoms with van der Waals surface area (Å²) >= 11 is 0. The number of nitrogens with zero attached hydrogens (tertiary/aromatic N) is 6. The number of hydrogen-bond acceptors (Lipinski definition) is 5. The zero-order chi connectivity index (χ0) is 25.4. The van der Waals surface area contributed by atoms with Crippen LogP contribution >= 0.6 is 0 Å². The first kappa shape index (κ1) is 23.5. The molecule has 2 aromatic carbocycles. The molecule has 0 saturated carbocycles. The second kappa shape index (κ2) is 9.10. The van der Waals surface area contributed by atoms with Gasteiger partial charge in [-0.2, -0.15) is 18.3 Å². The minimum Gasteiger partial charge on any atom is -0.364 e.